The summed E-state index contributed by atoms with van der Waals surface area (Å²) in [5.74, 6) is -0.295. The first-order valence-electron chi connectivity index (χ1n) is 6.35. The van der Waals surface area contributed by atoms with Gasteiger partial charge in [0.1, 0.15) is 11.5 Å². The number of nitriles is 1. The van der Waals surface area contributed by atoms with Gasteiger partial charge in [-0.1, -0.05) is 0 Å². The number of phenolic OH excluding ortho intramolecular Hbond substituents is 1. The predicted molar refractivity (Wildman–Crippen MR) is 73.3 cm³/mol. The molecule has 0 aromatic heterocycles. The first kappa shape index (κ1) is 13.9. The molecule has 0 saturated carbocycles. The van der Waals surface area contributed by atoms with Crippen molar-refractivity contribution in [3.63, 3.8) is 0 Å². The minimum Gasteiger partial charge on any atom is -0.508 e. The molecule has 0 saturated heterocycles. The molecular formula is C14H15N3O3. The van der Waals surface area contributed by atoms with Crippen molar-refractivity contribution in [1.82, 2.24) is 0 Å². The van der Waals surface area contributed by atoms with Gasteiger partial charge in [0, 0.05) is 6.42 Å². The van der Waals surface area contributed by atoms with Crippen molar-refractivity contribution in [1.29, 1.82) is 5.26 Å². The van der Waals surface area contributed by atoms with Crippen molar-refractivity contribution in [3.05, 3.63) is 24.3 Å². The van der Waals surface area contributed by atoms with Crippen LogP contribution in [-0.2, 0) is 9.53 Å². The summed E-state index contributed by atoms with van der Waals surface area (Å²) < 4.78 is 4.94. The summed E-state index contributed by atoms with van der Waals surface area (Å²) >= 11 is 0. The summed E-state index contributed by atoms with van der Waals surface area (Å²) in [6.07, 6.45) is 0.639. The van der Waals surface area contributed by atoms with Gasteiger partial charge in [0.2, 0.25) is 0 Å². The zero-order valence-electron chi connectivity index (χ0n) is 11.1. The molecule has 1 atom stereocenters. The summed E-state index contributed by atoms with van der Waals surface area (Å²) in [5.41, 5.74) is 1.04. The maximum atomic E-state index is 11.7. The SMILES string of the molecule is CCOC(=O)C1=NN(c2ccc(O)cc2)[C@H](CC#N)C1. The molecule has 6 heteroatoms. The zero-order valence-corrected chi connectivity index (χ0v) is 11.1. The van der Waals surface area contributed by atoms with Gasteiger partial charge in [-0.3, -0.25) is 5.01 Å². The topological polar surface area (TPSA) is 85.9 Å². The second-order valence-electron chi connectivity index (χ2n) is 4.35. The summed E-state index contributed by atoms with van der Waals surface area (Å²) in [5, 5.41) is 24.1. The maximum Gasteiger partial charge on any atom is 0.354 e. The summed E-state index contributed by atoms with van der Waals surface area (Å²) in [4.78, 5) is 11.7. The van der Waals surface area contributed by atoms with Crippen molar-refractivity contribution in [3.8, 4) is 11.8 Å². The molecule has 0 fully saturated rings. The van der Waals surface area contributed by atoms with Crippen molar-refractivity contribution >= 4 is 17.4 Å². The standard InChI is InChI=1S/C14H15N3O3/c1-2-20-14(19)13-9-11(7-8-15)17(16-13)10-3-5-12(18)6-4-10/h3-6,11,18H,2,7,9H2,1H3/t11-/m1/s1. The van der Waals surface area contributed by atoms with E-state index < -0.39 is 5.97 Å². The Balaban J connectivity index is 2.24. The molecule has 0 radical (unpaired) electrons. The summed E-state index contributed by atoms with van der Waals surface area (Å²) in [6.45, 7) is 2.03. The number of phenols is 1. The Labute approximate surface area is 116 Å². The normalized spacial score (nSPS) is 17.5. The number of hydrogen-bond acceptors (Lipinski definition) is 6. The Hall–Kier alpha value is -2.55. The van der Waals surface area contributed by atoms with Gasteiger partial charge in [-0.15, -0.1) is 0 Å². The number of rotatable bonds is 4. The Morgan fingerprint density at radius 1 is 1.55 bits per heavy atom. The van der Waals surface area contributed by atoms with Crippen LogP contribution in [-0.4, -0.2) is 29.4 Å². The molecule has 104 valence electrons. The molecule has 1 heterocycles. The number of carbonyl (C=O) groups excluding carboxylic acids is 1. The molecule has 0 aliphatic carbocycles. The van der Waals surface area contributed by atoms with Crippen LogP contribution < -0.4 is 5.01 Å². The van der Waals surface area contributed by atoms with Crippen LogP contribution >= 0.6 is 0 Å². The first-order chi connectivity index (χ1) is 9.65. The maximum absolute atomic E-state index is 11.7. The van der Waals surface area contributed by atoms with Gasteiger partial charge in [0.15, 0.2) is 0 Å². The fraction of sp³-hybridized carbons (Fsp3) is 0.357. The van der Waals surface area contributed by atoms with E-state index in [1.807, 2.05) is 0 Å². The number of anilines is 1. The van der Waals surface area contributed by atoms with Gasteiger partial charge in [-0.25, -0.2) is 4.79 Å². The number of hydrazone groups is 1. The van der Waals surface area contributed by atoms with Crippen molar-refractivity contribution in [2.75, 3.05) is 11.6 Å². The van der Waals surface area contributed by atoms with E-state index in [-0.39, 0.29) is 18.2 Å². The molecule has 2 rings (SSSR count). The lowest BCUT2D eigenvalue weighted by molar-refractivity contribution is -0.135. The predicted octanol–water partition coefficient (Wildman–Crippen LogP) is 1.80. The minimum atomic E-state index is -0.447. The lowest BCUT2D eigenvalue weighted by atomic mass is 10.1. The number of benzene rings is 1. The number of carbonyl (C=O) groups is 1. The van der Waals surface area contributed by atoms with E-state index in [2.05, 4.69) is 11.2 Å². The van der Waals surface area contributed by atoms with Gasteiger partial charge in [0.05, 0.1) is 30.8 Å². The second kappa shape index (κ2) is 6.06. The molecule has 20 heavy (non-hydrogen) atoms. The summed E-state index contributed by atoms with van der Waals surface area (Å²) in [7, 11) is 0. The van der Waals surface area contributed by atoms with Crippen LogP contribution in [0.5, 0.6) is 5.75 Å². The highest BCUT2D eigenvalue weighted by molar-refractivity contribution is 6.37. The average Bonchev–Trinajstić information content (AvgIpc) is 2.84. The fourth-order valence-corrected chi connectivity index (χ4v) is 2.04. The van der Waals surface area contributed by atoms with Crippen LogP contribution in [0.1, 0.15) is 19.8 Å². The van der Waals surface area contributed by atoms with E-state index in [9.17, 15) is 9.90 Å². The Bertz CT molecular complexity index is 560. The molecule has 0 bridgehead atoms. The van der Waals surface area contributed by atoms with Crippen molar-refractivity contribution < 1.29 is 14.6 Å². The van der Waals surface area contributed by atoms with E-state index in [0.717, 1.165) is 5.69 Å². The van der Waals surface area contributed by atoms with Crippen LogP contribution in [0, 0.1) is 11.3 Å². The molecule has 0 amide bonds. The Morgan fingerprint density at radius 3 is 2.85 bits per heavy atom. The van der Waals surface area contributed by atoms with E-state index in [1.165, 1.54) is 12.1 Å². The molecule has 0 unspecified atom stereocenters. The highest BCUT2D eigenvalue weighted by Crippen LogP contribution is 2.27. The fourth-order valence-electron chi connectivity index (χ4n) is 2.04. The highest BCUT2D eigenvalue weighted by atomic mass is 16.5. The Morgan fingerprint density at radius 2 is 2.25 bits per heavy atom. The molecular weight excluding hydrogens is 258 g/mol. The quantitative estimate of drug-likeness (QED) is 0.845. The first-order valence-corrected chi connectivity index (χ1v) is 6.35. The average molecular weight is 273 g/mol. The number of ether oxygens (including phenoxy) is 1. The lowest BCUT2D eigenvalue weighted by Gasteiger charge is -2.21. The van der Waals surface area contributed by atoms with Crippen molar-refractivity contribution in [2.45, 2.75) is 25.8 Å². The molecule has 1 aromatic carbocycles. The van der Waals surface area contributed by atoms with E-state index in [1.54, 1.807) is 24.1 Å². The minimum absolute atomic E-state index is 0.152. The second-order valence-corrected chi connectivity index (χ2v) is 4.35. The Kier molecular flexibility index (Phi) is 4.20. The van der Waals surface area contributed by atoms with Crippen LogP contribution in [0.3, 0.4) is 0 Å². The monoisotopic (exact) mass is 273 g/mol. The van der Waals surface area contributed by atoms with Gasteiger partial charge in [-0.2, -0.15) is 10.4 Å². The van der Waals surface area contributed by atoms with Gasteiger partial charge < -0.3 is 9.84 Å². The van der Waals surface area contributed by atoms with E-state index in [4.69, 9.17) is 10.00 Å². The van der Waals surface area contributed by atoms with Crippen LogP contribution in [0.2, 0.25) is 0 Å². The largest absolute Gasteiger partial charge is 0.508 e. The highest BCUT2D eigenvalue weighted by Gasteiger charge is 2.31. The molecule has 1 aliphatic heterocycles. The van der Waals surface area contributed by atoms with Crippen LogP contribution in [0.25, 0.3) is 0 Å². The third kappa shape index (κ3) is 2.88. The molecule has 1 aliphatic rings. The lowest BCUT2D eigenvalue weighted by Crippen LogP contribution is -2.26. The van der Waals surface area contributed by atoms with E-state index in [0.29, 0.717) is 18.7 Å². The van der Waals surface area contributed by atoms with E-state index >= 15 is 0 Å². The third-order valence-electron chi connectivity index (χ3n) is 2.96. The van der Waals surface area contributed by atoms with Gasteiger partial charge in [-0.05, 0) is 31.2 Å². The van der Waals surface area contributed by atoms with Crippen molar-refractivity contribution in [2.24, 2.45) is 5.10 Å². The molecule has 0 spiro atoms. The zero-order chi connectivity index (χ0) is 14.5. The van der Waals surface area contributed by atoms with Gasteiger partial charge in [0.25, 0.3) is 0 Å². The molecule has 1 aromatic rings. The molecule has 6 nitrogen and oxygen atoms in total. The smallest absolute Gasteiger partial charge is 0.354 e. The number of aromatic hydroxyl groups is 1. The van der Waals surface area contributed by atoms with Crippen LogP contribution in [0.4, 0.5) is 5.69 Å². The van der Waals surface area contributed by atoms with Crippen LogP contribution in [0.15, 0.2) is 29.4 Å². The number of esters is 1. The third-order valence-corrected chi connectivity index (χ3v) is 2.96. The molecule has 1 N–H and O–H groups in total. The number of hydrogen-bond donors (Lipinski definition) is 1. The number of nitrogens with zero attached hydrogens (tertiary/aromatic N) is 3. The summed E-state index contributed by atoms with van der Waals surface area (Å²) in [6, 6.07) is 8.37. The van der Waals surface area contributed by atoms with Gasteiger partial charge >= 0.3 is 5.97 Å².